The maximum Gasteiger partial charge on any atom is 0.271 e. The molecule has 0 bridgehead atoms. The molecule has 2 saturated heterocycles. The van der Waals surface area contributed by atoms with Crippen LogP contribution in [0.2, 0.25) is 0 Å². The van der Waals surface area contributed by atoms with Gasteiger partial charge >= 0.3 is 0 Å². The molecule has 3 unspecified atom stereocenters. The van der Waals surface area contributed by atoms with E-state index in [4.69, 9.17) is 0 Å². The van der Waals surface area contributed by atoms with Crippen LogP contribution in [0.3, 0.4) is 0 Å². The Morgan fingerprint density at radius 1 is 1.18 bits per heavy atom. The van der Waals surface area contributed by atoms with Gasteiger partial charge in [-0.1, -0.05) is 24.6 Å². The molecular formula is C25H30N4O5. The molecule has 3 aliphatic rings. The van der Waals surface area contributed by atoms with Crippen LogP contribution in [0.4, 0.5) is 0 Å². The van der Waals surface area contributed by atoms with E-state index in [1.165, 1.54) is 0 Å². The molecule has 9 nitrogen and oxygen atoms in total. The second-order valence-electron chi connectivity index (χ2n) is 9.73. The summed E-state index contributed by atoms with van der Waals surface area (Å²) in [5.74, 6) is -1.38. The Balaban J connectivity index is 1.38. The molecule has 1 aromatic heterocycles. The van der Waals surface area contributed by atoms with Gasteiger partial charge in [-0.25, -0.2) is 0 Å². The van der Waals surface area contributed by atoms with Crippen molar-refractivity contribution in [3.05, 3.63) is 36.0 Å². The number of ketones is 1. The first-order valence-electron chi connectivity index (χ1n) is 12.1. The number of hydrogen-bond donors (Lipinski definition) is 4. The van der Waals surface area contributed by atoms with Crippen molar-refractivity contribution in [1.29, 1.82) is 0 Å². The van der Waals surface area contributed by atoms with E-state index in [1.807, 2.05) is 24.3 Å². The molecular weight excluding hydrogens is 436 g/mol. The molecule has 0 spiro atoms. The molecule has 1 aliphatic carbocycles. The van der Waals surface area contributed by atoms with Gasteiger partial charge in [-0.05, 0) is 49.7 Å². The predicted octanol–water partition coefficient (Wildman–Crippen LogP) is 0.981. The molecule has 5 atom stereocenters. The van der Waals surface area contributed by atoms with Gasteiger partial charge in [0.25, 0.3) is 5.91 Å². The van der Waals surface area contributed by atoms with Crippen LogP contribution >= 0.6 is 0 Å². The Bertz CT molecular complexity index is 1090. The Hall–Kier alpha value is -3.20. The van der Waals surface area contributed by atoms with Crippen molar-refractivity contribution >= 4 is 34.4 Å². The van der Waals surface area contributed by atoms with Crippen LogP contribution in [0, 0.1) is 17.8 Å². The highest BCUT2D eigenvalue weighted by Crippen LogP contribution is 2.43. The van der Waals surface area contributed by atoms with Crippen LogP contribution in [-0.2, 0) is 14.4 Å². The predicted molar refractivity (Wildman–Crippen MR) is 124 cm³/mol. The minimum Gasteiger partial charge on any atom is -0.389 e. The molecule has 9 heteroatoms. The van der Waals surface area contributed by atoms with Crippen molar-refractivity contribution in [1.82, 2.24) is 20.5 Å². The number of carbonyl (C=O) groups excluding carboxylic acids is 4. The van der Waals surface area contributed by atoms with Gasteiger partial charge in [-0.3, -0.25) is 19.2 Å². The Kier molecular flexibility index (Phi) is 6.12. The normalized spacial score (nSPS) is 27.0. The molecule has 3 amide bonds. The number of aromatic nitrogens is 1. The lowest BCUT2D eigenvalue weighted by Crippen LogP contribution is -2.53. The lowest BCUT2D eigenvalue weighted by Gasteiger charge is -2.29. The second-order valence-corrected chi connectivity index (χ2v) is 9.73. The third kappa shape index (κ3) is 4.09. The van der Waals surface area contributed by atoms with Crippen molar-refractivity contribution in [2.75, 3.05) is 19.7 Å². The first-order chi connectivity index (χ1) is 16.5. The summed E-state index contributed by atoms with van der Waals surface area (Å²) < 4.78 is 0. The van der Waals surface area contributed by atoms with Crippen molar-refractivity contribution in [2.24, 2.45) is 17.8 Å². The van der Waals surface area contributed by atoms with Gasteiger partial charge in [0, 0.05) is 29.9 Å². The van der Waals surface area contributed by atoms with E-state index >= 15 is 0 Å². The third-order valence-corrected chi connectivity index (χ3v) is 7.72. The molecule has 2 aliphatic heterocycles. The number of H-pyrrole nitrogens is 1. The van der Waals surface area contributed by atoms with Gasteiger partial charge in [0.05, 0.1) is 6.04 Å². The molecule has 1 saturated carbocycles. The van der Waals surface area contributed by atoms with Crippen LogP contribution in [0.15, 0.2) is 30.3 Å². The second kappa shape index (κ2) is 9.21. The zero-order valence-corrected chi connectivity index (χ0v) is 19.0. The number of rotatable bonds is 7. The first-order valence-corrected chi connectivity index (χ1v) is 12.1. The van der Waals surface area contributed by atoms with Crippen molar-refractivity contribution in [3.63, 3.8) is 0 Å². The minimum atomic E-state index is -0.961. The van der Waals surface area contributed by atoms with Gasteiger partial charge in [0.15, 0.2) is 5.78 Å². The standard InChI is InChI=1S/C25H30N4O5/c30-13-21(31)19(11-15-8-9-26-23(15)32)28-24(33)22-17-6-3-5-16(17)12-29(22)25(34)20-10-14-4-1-2-7-18(14)27-20/h1-2,4,7,10,15-17,19,22,27,30H,3,5-6,8-9,11-13H2,(H,26,32)(H,28,33)/t15?,16-,17-,19?,22?/m0/s1. The summed E-state index contributed by atoms with van der Waals surface area (Å²) in [6.45, 7) is 0.324. The lowest BCUT2D eigenvalue weighted by atomic mass is 9.92. The van der Waals surface area contributed by atoms with E-state index in [2.05, 4.69) is 15.6 Å². The number of para-hydroxylation sites is 1. The van der Waals surface area contributed by atoms with E-state index in [9.17, 15) is 24.3 Å². The van der Waals surface area contributed by atoms with Gasteiger partial charge in [0.1, 0.15) is 18.3 Å². The van der Waals surface area contributed by atoms with Crippen LogP contribution in [-0.4, -0.2) is 70.3 Å². The van der Waals surface area contributed by atoms with Crippen LogP contribution in [0.5, 0.6) is 0 Å². The fourth-order valence-electron chi connectivity index (χ4n) is 5.99. The average molecular weight is 467 g/mol. The summed E-state index contributed by atoms with van der Waals surface area (Å²) >= 11 is 0. The molecule has 3 heterocycles. The number of Topliss-reactive ketones (excluding diaryl/α,β-unsaturated/α-hetero) is 1. The zero-order chi connectivity index (χ0) is 23.8. The van der Waals surface area contributed by atoms with Crippen molar-refractivity contribution in [3.8, 4) is 0 Å². The largest absolute Gasteiger partial charge is 0.389 e. The summed E-state index contributed by atoms with van der Waals surface area (Å²) in [6, 6.07) is 7.79. The fourth-order valence-corrected chi connectivity index (χ4v) is 5.99. The maximum absolute atomic E-state index is 13.5. The van der Waals surface area contributed by atoms with Crippen molar-refractivity contribution < 1.29 is 24.3 Å². The number of carbonyl (C=O) groups is 4. The highest BCUT2D eigenvalue weighted by molar-refractivity contribution is 6.01. The van der Waals surface area contributed by atoms with Gasteiger partial charge in [-0.15, -0.1) is 0 Å². The summed E-state index contributed by atoms with van der Waals surface area (Å²) in [5, 5.41) is 15.9. The highest BCUT2D eigenvalue weighted by Gasteiger charge is 2.50. The summed E-state index contributed by atoms with van der Waals surface area (Å²) in [6.07, 6.45) is 3.56. The highest BCUT2D eigenvalue weighted by atomic mass is 16.3. The molecule has 180 valence electrons. The van der Waals surface area contributed by atoms with Crippen LogP contribution < -0.4 is 10.6 Å². The topological polar surface area (TPSA) is 132 Å². The fraction of sp³-hybridized carbons (Fsp3) is 0.520. The molecule has 3 fully saturated rings. The molecule has 2 aromatic rings. The van der Waals surface area contributed by atoms with Gasteiger partial charge in [0.2, 0.25) is 11.8 Å². The smallest absolute Gasteiger partial charge is 0.271 e. The summed E-state index contributed by atoms with van der Waals surface area (Å²) in [4.78, 5) is 56.3. The number of aromatic amines is 1. The number of nitrogens with zero attached hydrogens (tertiary/aromatic N) is 1. The Morgan fingerprint density at radius 3 is 2.74 bits per heavy atom. The van der Waals surface area contributed by atoms with Crippen LogP contribution in [0.1, 0.15) is 42.6 Å². The number of nitrogens with one attached hydrogen (secondary N) is 3. The molecule has 1 aromatic carbocycles. The zero-order valence-electron chi connectivity index (χ0n) is 19.0. The quantitative estimate of drug-likeness (QED) is 0.483. The van der Waals surface area contributed by atoms with Gasteiger partial charge in [-0.2, -0.15) is 0 Å². The SMILES string of the molecule is O=C1NCCC1CC(NC(=O)C1[C@H]2CCC[C@H]2CN1C(=O)c1cc2ccccc2[nH]1)C(=O)CO. The van der Waals surface area contributed by atoms with E-state index in [0.29, 0.717) is 25.2 Å². The van der Waals surface area contributed by atoms with Crippen molar-refractivity contribution in [2.45, 2.75) is 44.2 Å². The number of amides is 3. The maximum atomic E-state index is 13.5. The minimum absolute atomic E-state index is 0.0352. The average Bonchev–Trinajstić information content (AvgIpc) is 3.61. The number of hydrogen-bond acceptors (Lipinski definition) is 5. The number of fused-ring (bicyclic) bond motifs is 2. The molecule has 5 rings (SSSR count). The molecule has 4 N–H and O–H groups in total. The summed E-state index contributed by atoms with van der Waals surface area (Å²) in [5.41, 5.74) is 1.29. The Morgan fingerprint density at radius 2 is 2.00 bits per heavy atom. The van der Waals surface area contributed by atoms with E-state index in [1.54, 1.807) is 11.0 Å². The number of aliphatic hydroxyl groups excluding tert-OH is 1. The van der Waals surface area contributed by atoms with E-state index in [0.717, 1.165) is 30.2 Å². The monoisotopic (exact) mass is 466 g/mol. The lowest BCUT2D eigenvalue weighted by molar-refractivity contribution is -0.133. The summed E-state index contributed by atoms with van der Waals surface area (Å²) in [7, 11) is 0. The third-order valence-electron chi connectivity index (χ3n) is 7.72. The van der Waals surface area contributed by atoms with Gasteiger partial charge < -0.3 is 25.6 Å². The van der Waals surface area contributed by atoms with E-state index in [-0.39, 0.29) is 41.9 Å². The number of likely N-dealkylation sites (tertiary alicyclic amines) is 1. The van der Waals surface area contributed by atoms with Crippen LogP contribution in [0.25, 0.3) is 10.9 Å². The number of benzene rings is 1. The van der Waals surface area contributed by atoms with E-state index < -0.39 is 24.5 Å². The number of aliphatic hydroxyl groups is 1. The Labute approximate surface area is 197 Å². The first kappa shape index (κ1) is 22.6. The molecule has 0 radical (unpaired) electrons. The molecule has 34 heavy (non-hydrogen) atoms.